The number of rotatable bonds is 1. The molecule has 0 aliphatic heterocycles. The zero-order valence-electron chi connectivity index (χ0n) is 8.65. The molecule has 0 saturated heterocycles. The fourth-order valence-corrected chi connectivity index (χ4v) is 1.85. The highest BCUT2D eigenvalue weighted by atomic mass is 16.3. The van der Waals surface area contributed by atoms with E-state index in [2.05, 4.69) is 13.8 Å². The first kappa shape index (κ1) is 9.79. The average Bonchev–Trinajstić information content (AvgIpc) is 1.92. The largest absolute Gasteiger partial charge is 0.390 e. The molecule has 1 nitrogen and oxygen atoms in total. The molecule has 0 bridgehead atoms. The third kappa shape index (κ3) is 2.10. The van der Waals surface area contributed by atoms with Gasteiger partial charge in [-0.1, -0.05) is 11.1 Å². The van der Waals surface area contributed by atoms with Crippen LogP contribution in [-0.2, 0) is 0 Å². The molecule has 1 N–H and O–H groups in total. The minimum atomic E-state index is -0.498. The molecule has 0 radical (unpaired) electrons. The van der Waals surface area contributed by atoms with Crippen molar-refractivity contribution in [2.75, 3.05) is 0 Å². The van der Waals surface area contributed by atoms with Crippen molar-refractivity contribution < 1.29 is 5.11 Å². The standard InChI is InChI=1S/C11H20O/c1-8-5-6-10(7-9(8)2)11(3,4)12/h10,12H,5-7H2,1-4H3/t10-/m0/s1. The molecule has 0 fully saturated rings. The molecule has 1 heteroatoms. The van der Waals surface area contributed by atoms with Gasteiger partial charge in [0.15, 0.2) is 0 Å². The van der Waals surface area contributed by atoms with Gasteiger partial charge in [-0.15, -0.1) is 0 Å². The molecule has 0 aromatic rings. The molecule has 0 spiro atoms. The summed E-state index contributed by atoms with van der Waals surface area (Å²) in [6, 6.07) is 0. The highest BCUT2D eigenvalue weighted by Gasteiger charge is 2.29. The molecule has 1 rings (SSSR count). The quantitative estimate of drug-likeness (QED) is 0.597. The maximum Gasteiger partial charge on any atom is 0.0622 e. The summed E-state index contributed by atoms with van der Waals surface area (Å²) in [5.41, 5.74) is 2.51. The van der Waals surface area contributed by atoms with Gasteiger partial charge in [0.05, 0.1) is 5.60 Å². The molecule has 1 aliphatic carbocycles. The van der Waals surface area contributed by atoms with E-state index in [1.807, 2.05) is 13.8 Å². The molecule has 0 amide bonds. The Balaban J connectivity index is 2.67. The van der Waals surface area contributed by atoms with Crippen molar-refractivity contribution in [2.45, 2.75) is 52.6 Å². The van der Waals surface area contributed by atoms with Crippen LogP contribution >= 0.6 is 0 Å². The SMILES string of the molecule is CC1=C(C)C[C@@H](C(C)(C)O)CC1. The number of allylic oxidation sites excluding steroid dienone is 2. The number of hydrogen-bond acceptors (Lipinski definition) is 1. The summed E-state index contributed by atoms with van der Waals surface area (Å²) in [5, 5.41) is 9.82. The lowest BCUT2D eigenvalue weighted by atomic mass is 9.77. The molecule has 0 aromatic carbocycles. The third-order valence-electron chi connectivity index (χ3n) is 3.15. The molecule has 70 valence electrons. The van der Waals surface area contributed by atoms with Crippen LogP contribution in [0.5, 0.6) is 0 Å². The van der Waals surface area contributed by atoms with Crippen molar-refractivity contribution in [3.05, 3.63) is 11.1 Å². The van der Waals surface area contributed by atoms with Gasteiger partial charge in [0, 0.05) is 0 Å². The zero-order chi connectivity index (χ0) is 9.35. The first-order valence-electron chi connectivity index (χ1n) is 4.79. The molecule has 1 atom stereocenters. The Hall–Kier alpha value is -0.300. The highest BCUT2D eigenvalue weighted by molar-refractivity contribution is 5.14. The van der Waals surface area contributed by atoms with E-state index in [-0.39, 0.29) is 0 Å². The molecule has 0 unspecified atom stereocenters. The number of aliphatic hydroxyl groups is 1. The topological polar surface area (TPSA) is 20.2 Å². The van der Waals surface area contributed by atoms with Crippen LogP contribution in [0.2, 0.25) is 0 Å². The van der Waals surface area contributed by atoms with E-state index in [4.69, 9.17) is 0 Å². The Morgan fingerprint density at radius 3 is 2.25 bits per heavy atom. The lowest BCUT2D eigenvalue weighted by molar-refractivity contribution is 0.0111. The van der Waals surface area contributed by atoms with Crippen molar-refractivity contribution in [2.24, 2.45) is 5.92 Å². The Labute approximate surface area is 75.5 Å². The van der Waals surface area contributed by atoms with Crippen LogP contribution in [0.4, 0.5) is 0 Å². The minimum Gasteiger partial charge on any atom is -0.390 e. The van der Waals surface area contributed by atoms with E-state index in [0.29, 0.717) is 5.92 Å². The Morgan fingerprint density at radius 1 is 1.25 bits per heavy atom. The van der Waals surface area contributed by atoms with E-state index >= 15 is 0 Å². The van der Waals surface area contributed by atoms with Gasteiger partial charge in [0.25, 0.3) is 0 Å². The fourth-order valence-electron chi connectivity index (χ4n) is 1.85. The summed E-state index contributed by atoms with van der Waals surface area (Å²) in [5.74, 6) is 0.459. The molecule has 1 aliphatic rings. The third-order valence-corrected chi connectivity index (χ3v) is 3.15. The Morgan fingerprint density at radius 2 is 1.83 bits per heavy atom. The van der Waals surface area contributed by atoms with Gasteiger partial charge in [0.2, 0.25) is 0 Å². The average molecular weight is 168 g/mol. The van der Waals surface area contributed by atoms with Gasteiger partial charge in [-0.05, 0) is 52.9 Å². The van der Waals surface area contributed by atoms with Crippen molar-refractivity contribution in [1.82, 2.24) is 0 Å². The predicted octanol–water partition coefficient (Wildman–Crippen LogP) is 2.89. The fraction of sp³-hybridized carbons (Fsp3) is 0.818. The summed E-state index contributed by atoms with van der Waals surface area (Å²) >= 11 is 0. The molecule has 0 aromatic heterocycles. The zero-order valence-corrected chi connectivity index (χ0v) is 8.65. The van der Waals surface area contributed by atoms with E-state index in [1.165, 1.54) is 17.6 Å². The molecule has 0 saturated carbocycles. The first-order chi connectivity index (χ1) is 5.41. The Bertz CT molecular complexity index is 196. The summed E-state index contributed by atoms with van der Waals surface area (Å²) in [4.78, 5) is 0. The van der Waals surface area contributed by atoms with Crippen molar-refractivity contribution in [3.8, 4) is 0 Å². The van der Waals surface area contributed by atoms with Gasteiger partial charge in [-0.25, -0.2) is 0 Å². The van der Waals surface area contributed by atoms with Gasteiger partial charge < -0.3 is 5.11 Å². The summed E-state index contributed by atoms with van der Waals surface area (Å²) in [7, 11) is 0. The summed E-state index contributed by atoms with van der Waals surface area (Å²) < 4.78 is 0. The second-order valence-electron chi connectivity index (χ2n) is 4.65. The normalized spacial score (nSPS) is 26.2. The van der Waals surface area contributed by atoms with E-state index in [0.717, 1.165) is 12.8 Å². The minimum absolute atomic E-state index is 0.459. The molecule has 12 heavy (non-hydrogen) atoms. The van der Waals surface area contributed by atoms with Crippen LogP contribution in [0.15, 0.2) is 11.1 Å². The van der Waals surface area contributed by atoms with Crippen molar-refractivity contribution in [1.29, 1.82) is 0 Å². The van der Waals surface area contributed by atoms with Crippen molar-refractivity contribution >= 4 is 0 Å². The molecular formula is C11H20O. The lowest BCUT2D eigenvalue weighted by Gasteiger charge is -2.33. The van der Waals surface area contributed by atoms with Crippen LogP contribution in [0.3, 0.4) is 0 Å². The second kappa shape index (κ2) is 3.21. The van der Waals surface area contributed by atoms with Crippen LogP contribution < -0.4 is 0 Å². The van der Waals surface area contributed by atoms with Gasteiger partial charge >= 0.3 is 0 Å². The van der Waals surface area contributed by atoms with Crippen LogP contribution in [-0.4, -0.2) is 10.7 Å². The van der Waals surface area contributed by atoms with Crippen molar-refractivity contribution in [3.63, 3.8) is 0 Å². The van der Waals surface area contributed by atoms with Gasteiger partial charge in [-0.2, -0.15) is 0 Å². The van der Waals surface area contributed by atoms with Gasteiger partial charge in [-0.3, -0.25) is 0 Å². The summed E-state index contributed by atoms with van der Waals surface area (Å²) in [6.07, 6.45) is 3.39. The first-order valence-corrected chi connectivity index (χ1v) is 4.79. The van der Waals surface area contributed by atoms with Crippen LogP contribution in [0, 0.1) is 5.92 Å². The lowest BCUT2D eigenvalue weighted by Crippen LogP contribution is -2.32. The van der Waals surface area contributed by atoms with Gasteiger partial charge in [0.1, 0.15) is 0 Å². The smallest absolute Gasteiger partial charge is 0.0622 e. The Kier molecular flexibility index (Phi) is 2.62. The summed E-state index contributed by atoms with van der Waals surface area (Å²) in [6.45, 7) is 8.24. The monoisotopic (exact) mass is 168 g/mol. The second-order valence-corrected chi connectivity index (χ2v) is 4.65. The van der Waals surface area contributed by atoms with E-state index < -0.39 is 5.60 Å². The molecule has 0 heterocycles. The van der Waals surface area contributed by atoms with Crippen LogP contribution in [0.1, 0.15) is 47.0 Å². The highest BCUT2D eigenvalue weighted by Crippen LogP contribution is 2.35. The van der Waals surface area contributed by atoms with E-state index in [9.17, 15) is 5.11 Å². The predicted molar refractivity (Wildman–Crippen MR) is 52.0 cm³/mol. The maximum atomic E-state index is 9.82. The molecular weight excluding hydrogens is 148 g/mol. The number of hydrogen-bond donors (Lipinski definition) is 1. The van der Waals surface area contributed by atoms with Crippen LogP contribution in [0.25, 0.3) is 0 Å². The van der Waals surface area contributed by atoms with E-state index in [1.54, 1.807) is 0 Å². The maximum absolute atomic E-state index is 9.82.